The van der Waals surface area contributed by atoms with Crippen molar-refractivity contribution in [1.29, 1.82) is 0 Å². The summed E-state index contributed by atoms with van der Waals surface area (Å²) in [4.78, 5) is 21.7. The smallest absolute Gasteiger partial charge is 0.296 e. The molecule has 20 heavy (non-hydrogen) atoms. The normalized spacial score (nSPS) is 10.8. The summed E-state index contributed by atoms with van der Waals surface area (Å²) in [6.45, 7) is 1.31. The van der Waals surface area contributed by atoms with E-state index in [9.17, 15) is 14.9 Å². The van der Waals surface area contributed by atoms with Gasteiger partial charge in [-0.3, -0.25) is 14.9 Å². The second-order valence-corrected chi connectivity index (χ2v) is 4.40. The van der Waals surface area contributed by atoms with Crippen LogP contribution in [0.2, 0.25) is 0 Å². The zero-order valence-corrected chi connectivity index (χ0v) is 10.5. The maximum atomic E-state index is 11.2. The Balaban J connectivity index is 2.35. The summed E-state index contributed by atoms with van der Waals surface area (Å²) >= 11 is 0. The molecule has 2 aromatic carbocycles. The number of furan rings is 1. The monoisotopic (exact) mass is 270 g/mol. The molecule has 0 aliphatic carbocycles. The van der Waals surface area contributed by atoms with Crippen molar-refractivity contribution in [2.24, 2.45) is 0 Å². The van der Waals surface area contributed by atoms with Gasteiger partial charge in [-0.05, 0) is 12.1 Å². The van der Waals surface area contributed by atoms with Crippen LogP contribution in [0.15, 0.2) is 40.8 Å². The van der Waals surface area contributed by atoms with Gasteiger partial charge in [-0.15, -0.1) is 0 Å². The molecule has 0 bridgehead atoms. The van der Waals surface area contributed by atoms with Crippen LogP contribution in [0.3, 0.4) is 0 Å². The molecule has 0 fully saturated rings. The first-order valence-electron chi connectivity index (χ1n) is 5.93. The number of nitro benzene ring substituents is 1. The molecular formula is C14H10N2O4. The van der Waals surface area contributed by atoms with E-state index in [1.165, 1.54) is 13.0 Å². The van der Waals surface area contributed by atoms with Crippen molar-refractivity contribution in [3.8, 4) is 0 Å². The van der Waals surface area contributed by atoms with E-state index in [4.69, 9.17) is 4.42 Å². The SMILES string of the molecule is CC(=O)Nc1cc2c(cc1[N+](=O)[O-])oc1ccccc12. The molecule has 0 spiro atoms. The first-order valence-corrected chi connectivity index (χ1v) is 5.93. The number of hydrogen-bond acceptors (Lipinski definition) is 4. The quantitative estimate of drug-likeness (QED) is 0.570. The number of nitro groups is 1. The van der Waals surface area contributed by atoms with Crippen molar-refractivity contribution in [2.75, 3.05) is 5.32 Å². The Kier molecular flexibility index (Phi) is 2.64. The van der Waals surface area contributed by atoms with E-state index in [0.717, 1.165) is 10.8 Å². The van der Waals surface area contributed by atoms with Gasteiger partial charge in [0.2, 0.25) is 5.91 Å². The van der Waals surface area contributed by atoms with Gasteiger partial charge in [0.15, 0.2) is 0 Å². The third kappa shape index (κ3) is 1.87. The lowest BCUT2D eigenvalue weighted by molar-refractivity contribution is -0.383. The zero-order valence-electron chi connectivity index (χ0n) is 10.5. The summed E-state index contributed by atoms with van der Waals surface area (Å²) in [7, 11) is 0. The first-order chi connectivity index (χ1) is 9.56. The molecule has 100 valence electrons. The van der Waals surface area contributed by atoms with Crippen molar-refractivity contribution in [1.82, 2.24) is 0 Å². The largest absolute Gasteiger partial charge is 0.456 e. The number of carbonyl (C=O) groups is 1. The van der Waals surface area contributed by atoms with Gasteiger partial charge >= 0.3 is 0 Å². The van der Waals surface area contributed by atoms with Gasteiger partial charge < -0.3 is 9.73 Å². The lowest BCUT2D eigenvalue weighted by Crippen LogP contribution is -2.07. The highest BCUT2D eigenvalue weighted by Crippen LogP contribution is 2.36. The third-order valence-corrected chi connectivity index (χ3v) is 3.00. The van der Waals surface area contributed by atoms with Gasteiger partial charge in [-0.2, -0.15) is 0 Å². The summed E-state index contributed by atoms with van der Waals surface area (Å²) in [5.41, 5.74) is 1.05. The molecule has 0 atom stereocenters. The van der Waals surface area contributed by atoms with E-state index in [1.54, 1.807) is 12.1 Å². The van der Waals surface area contributed by atoms with Crippen molar-refractivity contribution in [3.05, 3.63) is 46.5 Å². The van der Waals surface area contributed by atoms with Gasteiger partial charge in [0.1, 0.15) is 16.9 Å². The van der Waals surface area contributed by atoms with Crippen LogP contribution in [0.1, 0.15) is 6.92 Å². The van der Waals surface area contributed by atoms with Crippen LogP contribution in [0.4, 0.5) is 11.4 Å². The van der Waals surface area contributed by atoms with Crippen LogP contribution in [0.5, 0.6) is 0 Å². The Morgan fingerprint density at radius 3 is 2.65 bits per heavy atom. The maximum Gasteiger partial charge on any atom is 0.296 e. The van der Waals surface area contributed by atoms with Crippen molar-refractivity contribution in [2.45, 2.75) is 6.92 Å². The molecule has 1 amide bonds. The summed E-state index contributed by atoms with van der Waals surface area (Å²) in [5.74, 6) is -0.361. The van der Waals surface area contributed by atoms with Gasteiger partial charge in [0, 0.05) is 17.7 Å². The highest BCUT2D eigenvalue weighted by atomic mass is 16.6. The molecule has 6 heteroatoms. The van der Waals surface area contributed by atoms with Gasteiger partial charge in [0.05, 0.1) is 11.0 Å². The molecule has 0 aliphatic heterocycles. The number of anilines is 1. The van der Waals surface area contributed by atoms with E-state index in [-0.39, 0.29) is 17.3 Å². The predicted octanol–water partition coefficient (Wildman–Crippen LogP) is 3.45. The van der Waals surface area contributed by atoms with E-state index in [0.29, 0.717) is 11.2 Å². The molecule has 1 aromatic heterocycles. The average Bonchev–Trinajstić information content (AvgIpc) is 2.75. The Bertz CT molecular complexity index is 851. The van der Waals surface area contributed by atoms with Crippen LogP contribution >= 0.6 is 0 Å². The molecule has 6 nitrogen and oxygen atoms in total. The van der Waals surface area contributed by atoms with Gasteiger partial charge in [0.25, 0.3) is 5.69 Å². The number of carbonyl (C=O) groups excluding carboxylic acids is 1. The fourth-order valence-corrected chi connectivity index (χ4v) is 2.20. The number of amides is 1. The summed E-state index contributed by atoms with van der Waals surface area (Å²) in [6, 6.07) is 10.2. The lowest BCUT2D eigenvalue weighted by atomic mass is 10.1. The lowest BCUT2D eigenvalue weighted by Gasteiger charge is -2.03. The van der Waals surface area contributed by atoms with Crippen LogP contribution in [-0.4, -0.2) is 10.8 Å². The van der Waals surface area contributed by atoms with E-state index >= 15 is 0 Å². The zero-order chi connectivity index (χ0) is 14.3. The fraction of sp³-hybridized carbons (Fsp3) is 0.0714. The molecule has 1 N–H and O–H groups in total. The topological polar surface area (TPSA) is 85.4 Å². The second-order valence-electron chi connectivity index (χ2n) is 4.40. The van der Waals surface area contributed by atoms with Gasteiger partial charge in [-0.25, -0.2) is 0 Å². The number of para-hydroxylation sites is 1. The minimum atomic E-state index is -0.544. The number of rotatable bonds is 2. The molecule has 0 saturated heterocycles. The number of nitrogens with one attached hydrogen (secondary N) is 1. The molecule has 3 aromatic rings. The Labute approximate surface area is 113 Å². The van der Waals surface area contributed by atoms with Crippen LogP contribution in [0.25, 0.3) is 21.9 Å². The molecule has 0 aliphatic rings. The van der Waals surface area contributed by atoms with Crippen LogP contribution in [-0.2, 0) is 4.79 Å². The summed E-state index contributed by atoms with van der Waals surface area (Å²) in [6.07, 6.45) is 0. The minimum absolute atomic E-state index is 0.168. The number of benzene rings is 2. The summed E-state index contributed by atoms with van der Waals surface area (Å²) in [5, 5.41) is 15.1. The molecule has 1 heterocycles. The van der Waals surface area contributed by atoms with E-state index < -0.39 is 4.92 Å². The molecule has 0 unspecified atom stereocenters. The standard InChI is InChI=1S/C14H10N2O4/c1-8(17)15-11-6-10-9-4-2-3-5-13(9)20-14(10)7-12(11)16(18)19/h2-7H,1H3,(H,15,17). The number of fused-ring (bicyclic) bond motifs is 3. The molecule has 3 rings (SSSR count). The average molecular weight is 270 g/mol. The predicted molar refractivity (Wildman–Crippen MR) is 74.7 cm³/mol. The van der Waals surface area contributed by atoms with Crippen molar-refractivity contribution >= 4 is 39.2 Å². The Hall–Kier alpha value is -2.89. The Morgan fingerprint density at radius 2 is 1.95 bits per heavy atom. The second kappa shape index (κ2) is 4.34. The number of nitrogens with zero attached hydrogens (tertiary/aromatic N) is 1. The maximum absolute atomic E-state index is 11.2. The van der Waals surface area contributed by atoms with Crippen LogP contribution < -0.4 is 5.32 Å². The van der Waals surface area contributed by atoms with Crippen molar-refractivity contribution in [3.63, 3.8) is 0 Å². The van der Waals surface area contributed by atoms with E-state index in [2.05, 4.69) is 5.32 Å². The van der Waals surface area contributed by atoms with Crippen molar-refractivity contribution < 1.29 is 14.1 Å². The Morgan fingerprint density at radius 1 is 1.20 bits per heavy atom. The summed E-state index contributed by atoms with van der Waals surface area (Å²) < 4.78 is 5.59. The number of hydrogen-bond donors (Lipinski definition) is 1. The van der Waals surface area contributed by atoms with E-state index in [1.807, 2.05) is 18.2 Å². The molecular weight excluding hydrogens is 260 g/mol. The first kappa shape index (κ1) is 12.2. The van der Waals surface area contributed by atoms with Crippen LogP contribution in [0, 0.1) is 10.1 Å². The third-order valence-electron chi connectivity index (χ3n) is 3.00. The van der Waals surface area contributed by atoms with Gasteiger partial charge in [-0.1, -0.05) is 18.2 Å². The molecule has 0 radical (unpaired) electrons. The molecule has 0 saturated carbocycles. The highest BCUT2D eigenvalue weighted by molar-refractivity contribution is 6.08. The highest BCUT2D eigenvalue weighted by Gasteiger charge is 2.19. The minimum Gasteiger partial charge on any atom is -0.456 e. The fourth-order valence-electron chi connectivity index (χ4n) is 2.20.